The first-order valence-corrected chi connectivity index (χ1v) is 8.81. The summed E-state index contributed by atoms with van der Waals surface area (Å²) >= 11 is 0. The lowest BCUT2D eigenvalue weighted by Crippen LogP contribution is -2.22. The Balaban J connectivity index is 1.75. The normalized spacial score (nSPS) is 15.0. The average Bonchev–Trinajstić information content (AvgIpc) is 3.08. The highest BCUT2D eigenvalue weighted by molar-refractivity contribution is 5.69. The number of nitriles is 1. The molecule has 0 spiro atoms. The Hall–Kier alpha value is -2.94. The fourth-order valence-electron chi connectivity index (χ4n) is 3.14. The molecule has 0 unspecified atom stereocenters. The molecule has 1 saturated carbocycles. The summed E-state index contributed by atoms with van der Waals surface area (Å²) in [5.41, 5.74) is 1.21. The maximum absolute atomic E-state index is 9.31. The molecule has 1 N–H and O–H groups in total. The molecule has 0 atom stereocenters. The van der Waals surface area contributed by atoms with E-state index >= 15 is 0 Å². The molecule has 1 aromatic carbocycles. The zero-order chi connectivity index (χ0) is 18.4. The van der Waals surface area contributed by atoms with Gasteiger partial charge in [-0.15, -0.1) is 0 Å². The minimum Gasteiger partial charge on any atom is -0.493 e. The zero-order valence-corrected chi connectivity index (χ0v) is 15.1. The molecular formula is C20H23N3O3. The molecule has 1 aliphatic rings. The molecule has 0 bridgehead atoms. The van der Waals surface area contributed by atoms with Gasteiger partial charge in [-0.25, -0.2) is 0 Å². The Morgan fingerprint density at radius 3 is 2.62 bits per heavy atom. The molecule has 0 saturated heterocycles. The first kappa shape index (κ1) is 17.9. The molecule has 0 aliphatic heterocycles. The van der Waals surface area contributed by atoms with Crippen LogP contribution in [0.4, 0.5) is 5.88 Å². The fraction of sp³-hybridized carbons (Fsp3) is 0.400. The first-order valence-electron chi connectivity index (χ1n) is 8.81. The number of anilines is 1. The van der Waals surface area contributed by atoms with Crippen molar-refractivity contribution >= 4 is 18.0 Å². The summed E-state index contributed by atoms with van der Waals surface area (Å²) in [6, 6.07) is 8.07. The lowest BCUT2D eigenvalue weighted by molar-refractivity contribution is 0.355. The Labute approximate surface area is 153 Å². The van der Waals surface area contributed by atoms with Crippen molar-refractivity contribution in [1.29, 1.82) is 5.26 Å². The topological polar surface area (TPSA) is 80.3 Å². The van der Waals surface area contributed by atoms with Crippen molar-refractivity contribution in [1.82, 2.24) is 4.98 Å². The monoisotopic (exact) mass is 353 g/mol. The van der Waals surface area contributed by atoms with E-state index in [0.717, 1.165) is 18.4 Å². The van der Waals surface area contributed by atoms with Gasteiger partial charge in [0.1, 0.15) is 6.07 Å². The van der Waals surface area contributed by atoms with Crippen molar-refractivity contribution in [2.45, 2.75) is 38.1 Å². The van der Waals surface area contributed by atoms with Crippen LogP contribution in [0.2, 0.25) is 0 Å². The predicted molar refractivity (Wildman–Crippen MR) is 100 cm³/mol. The Bertz CT molecular complexity index is 814. The van der Waals surface area contributed by atoms with Gasteiger partial charge in [-0.3, -0.25) is 0 Å². The van der Waals surface area contributed by atoms with E-state index in [1.807, 2.05) is 24.3 Å². The second kappa shape index (κ2) is 8.43. The molecule has 6 heteroatoms. The number of hydrogen-bond donors (Lipinski definition) is 1. The molecular weight excluding hydrogens is 330 g/mol. The van der Waals surface area contributed by atoms with Gasteiger partial charge in [0.15, 0.2) is 11.5 Å². The van der Waals surface area contributed by atoms with E-state index in [0.29, 0.717) is 35.0 Å². The maximum Gasteiger partial charge on any atom is 0.232 e. The van der Waals surface area contributed by atoms with E-state index in [4.69, 9.17) is 13.9 Å². The summed E-state index contributed by atoms with van der Waals surface area (Å²) in [4.78, 5) is 4.25. The van der Waals surface area contributed by atoms with Gasteiger partial charge in [-0.1, -0.05) is 25.3 Å². The third-order valence-corrected chi connectivity index (χ3v) is 4.52. The number of nitrogens with one attached hydrogen (secondary N) is 1. The standard InChI is InChI=1S/C20H23N3O3/c1-24-17-10-8-14(12-18(17)25-2)9-11-19-23-16(13-21)20(26-19)22-15-6-4-3-5-7-15/h8-12,15,22H,3-7H2,1-2H3/b11-9+. The van der Waals surface area contributed by atoms with E-state index in [1.165, 1.54) is 19.3 Å². The Morgan fingerprint density at radius 2 is 1.92 bits per heavy atom. The highest BCUT2D eigenvalue weighted by atomic mass is 16.5. The number of nitrogens with zero attached hydrogens (tertiary/aromatic N) is 2. The second-order valence-corrected chi connectivity index (χ2v) is 6.27. The van der Waals surface area contributed by atoms with Gasteiger partial charge in [0, 0.05) is 12.1 Å². The lowest BCUT2D eigenvalue weighted by atomic mass is 9.95. The minimum atomic E-state index is 0.294. The Kier molecular flexibility index (Phi) is 5.80. The van der Waals surface area contributed by atoms with Crippen LogP contribution < -0.4 is 14.8 Å². The van der Waals surface area contributed by atoms with Gasteiger partial charge < -0.3 is 19.2 Å². The zero-order valence-electron chi connectivity index (χ0n) is 15.1. The molecule has 1 fully saturated rings. The molecule has 1 heterocycles. The smallest absolute Gasteiger partial charge is 0.232 e. The molecule has 136 valence electrons. The molecule has 26 heavy (non-hydrogen) atoms. The van der Waals surface area contributed by atoms with Gasteiger partial charge in [-0.2, -0.15) is 10.2 Å². The predicted octanol–water partition coefficient (Wildman–Crippen LogP) is 4.48. The van der Waals surface area contributed by atoms with Crippen LogP contribution in [0, 0.1) is 11.3 Å². The number of oxazole rings is 1. The lowest BCUT2D eigenvalue weighted by Gasteiger charge is -2.22. The highest BCUT2D eigenvalue weighted by Crippen LogP contribution is 2.29. The van der Waals surface area contributed by atoms with Crippen LogP contribution in [-0.2, 0) is 0 Å². The first-order chi connectivity index (χ1) is 12.7. The number of aromatic nitrogens is 1. The van der Waals surface area contributed by atoms with Crippen molar-refractivity contribution in [3.63, 3.8) is 0 Å². The second-order valence-electron chi connectivity index (χ2n) is 6.27. The van der Waals surface area contributed by atoms with Gasteiger partial charge in [0.05, 0.1) is 14.2 Å². The summed E-state index contributed by atoms with van der Waals surface area (Å²) in [6.07, 6.45) is 9.50. The van der Waals surface area contributed by atoms with Gasteiger partial charge in [-0.05, 0) is 36.6 Å². The van der Waals surface area contributed by atoms with Gasteiger partial charge in [0.25, 0.3) is 0 Å². The van der Waals surface area contributed by atoms with Crippen molar-refractivity contribution in [2.75, 3.05) is 19.5 Å². The number of ether oxygens (including phenoxy) is 2. The van der Waals surface area contributed by atoms with Gasteiger partial charge in [0.2, 0.25) is 17.5 Å². The molecule has 6 nitrogen and oxygen atoms in total. The summed E-state index contributed by atoms with van der Waals surface area (Å²) in [5.74, 6) is 2.19. The van der Waals surface area contributed by atoms with Crippen LogP contribution in [0.5, 0.6) is 11.5 Å². The van der Waals surface area contributed by atoms with E-state index in [1.54, 1.807) is 20.3 Å². The molecule has 0 amide bonds. The number of rotatable bonds is 6. The molecule has 0 radical (unpaired) electrons. The molecule has 3 rings (SSSR count). The van der Waals surface area contributed by atoms with Crippen LogP contribution in [0.25, 0.3) is 12.2 Å². The van der Waals surface area contributed by atoms with Crippen LogP contribution in [0.15, 0.2) is 22.6 Å². The number of benzene rings is 1. The number of hydrogen-bond acceptors (Lipinski definition) is 6. The highest BCUT2D eigenvalue weighted by Gasteiger charge is 2.18. The summed E-state index contributed by atoms with van der Waals surface area (Å²) < 4.78 is 16.3. The largest absolute Gasteiger partial charge is 0.493 e. The van der Waals surface area contributed by atoms with Gasteiger partial charge >= 0.3 is 0 Å². The third kappa shape index (κ3) is 4.17. The van der Waals surface area contributed by atoms with Crippen LogP contribution in [0.3, 0.4) is 0 Å². The van der Waals surface area contributed by atoms with E-state index in [2.05, 4.69) is 16.4 Å². The van der Waals surface area contributed by atoms with Crippen molar-refractivity contribution < 1.29 is 13.9 Å². The molecule has 1 aliphatic carbocycles. The average molecular weight is 353 g/mol. The Morgan fingerprint density at radius 1 is 1.15 bits per heavy atom. The van der Waals surface area contributed by atoms with Crippen molar-refractivity contribution in [3.05, 3.63) is 35.3 Å². The van der Waals surface area contributed by atoms with Crippen LogP contribution in [-0.4, -0.2) is 25.2 Å². The minimum absolute atomic E-state index is 0.294. The number of methoxy groups -OCH3 is 2. The van der Waals surface area contributed by atoms with Crippen LogP contribution in [0.1, 0.15) is 49.3 Å². The maximum atomic E-state index is 9.31. The van der Waals surface area contributed by atoms with E-state index in [-0.39, 0.29) is 0 Å². The van der Waals surface area contributed by atoms with Crippen molar-refractivity contribution in [3.8, 4) is 17.6 Å². The molecule has 1 aromatic heterocycles. The fourth-order valence-corrected chi connectivity index (χ4v) is 3.14. The van der Waals surface area contributed by atoms with Crippen LogP contribution >= 0.6 is 0 Å². The van der Waals surface area contributed by atoms with E-state index < -0.39 is 0 Å². The van der Waals surface area contributed by atoms with Crippen molar-refractivity contribution in [2.24, 2.45) is 0 Å². The van der Waals surface area contributed by atoms with E-state index in [9.17, 15) is 5.26 Å². The quantitative estimate of drug-likeness (QED) is 0.825. The summed E-state index contributed by atoms with van der Waals surface area (Å²) in [6.45, 7) is 0. The molecule has 2 aromatic rings. The third-order valence-electron chi connectivity index (χ3n) is 4.52. The SMILES string of the molecule is COc1ccc(/C=C/c2nc(C#N)c(NC3CCCCC3)o2)cc1OC. The summed E-state index contributed by atoms with van der Waals surface area (Å²) in [5, 5.41) is 12.6. The summed E-state index contributed by atoms with van der Waals surface area (Å²) in [7, 11) is 3.20.